The van der Waals surface area contributed by atoms with E-state index < -0.39 is 6.04 Å². The van der Waals surface area contributed by atoms with Crippen molar-refractivity contribution in [1.29, 1.82) is 0 Å². The Bertz CT molecular complexity index is 1040. The first kappa shape index (κ1) is 20.9. The smallest absolute Gasteiger partial charge is 0.255 e. The normalized spacial score (nSPS) is 39.0. The molecular weight excluding hydrogens is 434 g/mol. The lowest BCUT2D eigenvalue weighted by molar-refractivity contribution is -0.136. The lowest BCUT2D eigenvalue weighted by Gasteiger charge is -2.31. The molecule has 1 aromatic carbocycles. The number of hydrogen-bond donors (Lipinski definition) is 1. The van der Waals surface area contributed by atoms with Crippen LogP contribution in [0.25, 0.3) is 0 Å². The summed E-state index contributed by atoms with van der Waals surface area (Å²) in [6.45, 7) is 2.65. The molecule has 1 saturated carbocycles. The molecule has 6 aliphatic rings. The van der Waals surface area contributed by atoms with E-state index in [2.05, 4.69) is 10.2 Å². The highest BCUT2D eigenvalue weighted by Crippen LogP contribution is 2.48. The van der Waals surface area contributed by atoms with Crippen LogP contribution in [0.15, 0.2) is 18.2 Å². The van der Waals surface area contributed by atoms with Gasteiger partial charge in [-0.2, -0.15) is 0 Å². The van der Waals surface area contributed by atoms with Crippen molar-refractivity contribution >= 4 is 17.7 Å². The average molecular weight is 466 g/mol. The molecule has 1 aliphatic carbocycles. The Morgan fingerprint density at radius 1 is 0.971 bits per heavy atom. The fraction of sp³-hybridized carbons (Fsp3) is 0.654. The van der Waals surface area contributed by atoms with Crippen LogP contribution in [-0.2, 0) is 20.9 Å². The van der Waals surface area contributed by atoms with Crippen molar-refractivity contribution in [3.05, 3.63) is 29.3 Å². The van der Waals surface area contributed by atoms with Crippen molar-refractivity contribution < 1.29 is 23.9 Å². The van der Waals surface area contributed by atoms with E-state index in [1.807, 2.05) is 18.2 Å². The van der Waals surface area contributed by atoms with Gasteiger partial charge in [0, 0.05) is 49.5 Å². The van der Waals surface area contributed by atoms with E-state index in [-0.39, 0.29) is 30.2 Å². The highest BCUT2D eigenvalue weighted by atomic mass is 16.5. The minimum atomic E-state index is -0.588. The second kappa shape index (κ2) is 7.78. The van der Waals surface area contributed by atoms with Crippen LogP contribution in [0, 0.1) is 11.8 Å². The molecule has 180 valence electrons. The molecule has 1 unspecified atom stereocenters. The van der Waals surface area contributed by atoms with Gasteiger partial charge in [0.05, 0.1) is 12.2 Å². The Balaban J connectivity index is 1.04. The van der Waals surface area contributed by atoms with Crippen LogP contribution in [0.3, 0.4) is 0 Å². The molecule has 1 aromatic rings. The number of nitrogens with one attached hydrogen (secondary N) is 1. The number of nitrogens with zero attached hydrogens (tertiary/aromatic N) is 2. The van der Waals surface area contributed by atoms with Gasteiger partial charge < -0.3 is 14.4 Å². The SMILES string of the molecule is O=C1CCC(N2Cc3cc(O[C@@H]4CCC[C@@H]4N4C[C@@H]5[C@H](C4)[C@H]4CC[C@@H]5O4)ccc3C2=O)C(=O)N1. The Morgan fingerprint density at radius 3 is 2.53 bits per heavy atom. The third-order valence-corrected chi connectivity index (χ3v) is 9.15. The van der Waals surface area contributed by atoms with Gasteiger partial charge in [-0.25, -0.2) is 0 Å². The van der Waals surface area contributed by atoms with Crippen LogP contribution in [0.4, 0.5) is 0 Å². The monoisotopic (exact) mass is 465 g/mol. The summed E-state index contributed by atoms with van der Waals surface area (Å²) in [5, 5.41) is 2.36. The molecule has 3 amide bonds. The molecule has 7 atom stereocenters. The summed E-state index contributed by atoms with van der Waals surface area (Å²) in [5.74, 6) is 1.41. The second-order valence-electron chi connectivity index (χ2n) is 10.9. The first-order valence-electron chi connectivity index (χ1n) is 12.9. The summed E-state index contributed by atoms with van der Waals surface area (Å²) in [5.41, 5.74) is 1.52. The molecule has 0 spiro atoms. The summed E-state index contributed by atoms with van der Waals surface area (Å²) < 4.78 is 12.7. The first-order chi connectivity index (χ1) is 16.5. The number of amides is 3. The Morgan fingerprint density at radius 2 is 1.76 bits per heavy atom. The van der Waals surface area contributed by atoms with E-state index in [1.54, 1.807) is 4.90 Å². The Kier molecular flexibility index (Phi) is 4.78. The van der Waals surface area contributed by atoms with Crippen molar-refractivity contribution in [2.45, 2.75) is 81.9 Å². The molecule has 7 rings (SSSR count). The van der Waals surface area contributed by atoms with Gasteiger partial charge >= 0.3 is 0 Å². The molecule has 5 aliphatic heterocycles. The van der Waals surface area contributed by atoms with Crippen LogP contribution in [-0.4, -0.2) is 71.0 Å². The number of imide groups is 1. The third kappa shape index (κ3) is 3.22. The molecule has 0 radical (unpaired) electrons. The van der Waals surface area contributed by atoms with Crippen LogP contribution in [0.5, 0.6) is 5.75 Å². The van der Waals surface area contributed by atoms with Gasteiger partial charge in [0.15, 0.2) is 0 Å². The zero-order valence-electron chi connectivity index (χ0n) is 19.3. The van der Waals surface area contributed by atoms with E-state index in [0.29, 0.717) is 48.6 Å². The number of carbonyl (C=O) groups excluding carboxylic acids is 3. The highest BCUT2D eigenvalue weighted by Gasteiger charge is 2.54. The van der Waals surface area contributed by atoms with Crippen LogP contribution in [0.1, 0.15) is 60.9 Å². The molecule has 8 heteroatoms. The molecule has 5 fully saturated rings. The first-order valence-corrected chi connectivity index (χ1v) is 12.9. The summed E-state index contributed by atoms with van der Waals surface area (Å²) in [4.78, 5) is 41.0. The van der Waals surface area contributed by atoms with Crippen molar-refractivity contribution in [3.8, 4) is 5.75 Å². The number of likely N-dealkylation sites (tertiary alicyclic amines) is 1. The summed E-state index contributed by atoms with van der Waals surface area (Å²) in [7, 11) is 0. The predicted octanol–water partition coefficient (Wildman–Crippen LogP) is 1.86. The van der Waals surface area contributed by atoms with Crippen LogP contribution < -0.4 is 10.1 Å². The number of fused-ring (bicyclic) bond motifs is 6. The van der Waals surface area contributed by atoms with Gasteiger partial charge in [-0.1, -0.05) is 0 Å². The summed E-state index contributed by atoms with van der Waals surface area (Å²) in [6.07, 6.45) is 7.62. The zero-order valence-corrected chi connectivity index (χ0v) is 19.3. The number of rotatable bonds is 4. The second-order valence-corrected chi connectivity index (χ2v) is 10.9. The molecule has 5 heterocycles. The van der Waals surface area contributed by atoms with Crippen molar-refractivity contribution in [3.63, 3.8) is 0 Å². The summed E-state index contributed by atoms with van der Waals surface area (Å²) in [6, 6.07) is 5.56. The quantitative estimate of drug-likeness (QED) is 0.683. The van der Waals surface area contributed by atoms with Gasteiger partial charge in [-0.05, 0) is 62.3 Å². The fourth-order valence-corrected chi connectivity index (χ4v) is 7.52. The topological polar surface area (TPSA) is 88.2 Å². The predicted molar refractivity (Wildman–Crippen MR) is 121 cm³/mol. The number of piperidine rings is 1. The Labute approximate surface area is 198 Å². The van der Waals surface area contributed by atoms with Crippen LogP contribution >= 0.6 is 0 Å². The molecule has 0 aromatic heterocycles. The van der Waals surface area contributed by atoms with Gasteiger partial charge in [0.25, 0.3) is 5.91 Å². The largest absolute Gasteiger partial charge is 0.489 e. The molecule has 4 saturated heterocycles. The van der Waals surface area contributed by atoms with Crippen molar-refractivity contribution in [2.24, 2.45) is 11.8 Å². The van der Waals surface area contributed by atoms with Gasteiger partial charge in [0.1, 0.15) is 17.9 Å². The summed E-state index contributed by atoms with van der Waals surface area (Å²) >= 11 is 0. The van der Waals surface area contributed by atoms with Gasteiger partial charge in [0.2, 0.25) is 11.8 Å². The number of ether oxygens (including phenoxy) is 2. The minimum absolute atomic E-state index is 0.143. The number of carbonyl (C=O) groups is 3. The van der Waals surface area contributed by atoms with Crippen molar-refractivity contribution in [1.82, 2.24) is 15.1 Å². The van der Waals surface area contributed by atoms with Crippen LogP contribution in [0.2, 0.25) is 0 Å². The highest BCUT2D eigenvalue weighted by molar-refractivity contribution is 6.05. The van der Waals surface area contributed by atoms with E-state index in [0.717, 1.165) is 30.8 Å². The molecular formula is C26H31N3O5. The fourth-order valence-electron chi connectivity index (χ4n) is 7.52. The van der Waals surface area contributed by atoms with E-state index in [4.69, 9.17) is 9.47 Å². The lowest BCUT2D eigenvalue weighted by atomic mass is 9.82. The number of hydrogen-bond acceptors (Lipinski definition) is 6. The molecule has 1 N–H and O–H groups in total. The van der Waals surface area contributed by atoms with Crippen molar-refractivity contribution in [2.75, 3.05) is 13.1 Å². The average Bonchev–Trinajstić information content (AvgIpc) is 3.62. The van der Waals surface area contributed by atoms with Gasteiger partial charge in [-0.3, -0.25) is 24.6 Å². The minimum Gasteiger partial charge on any atom is -0.489 e. The number of benzene rings is 1. The molecule has 2 bridgehead atoms. The Hall–Kier alpha value is -2.45. The van der Waals surface area contributed by atoms with E-state index in [9.17, 15) is 14.4 Å². The maximum Gasteiger partial charge on any atom is 0.255 e. The lowest BCUT2D eigenvalue weighted by Crippen LogP contribution is -2.52. The third-order valence-electron chi connectivity index (χ3n) is 9.15. The molecule has 8 nitrogen and oxygen atoms in total. The van der Waals surface area contributed by atoms with E-state index >= 15 is 0 Å². The zero-order chi connectivity index (χ0) is 23.0. The standard InChI is InChI=1S/C26H31N3O5/c30-24-9-6-20(25(31)27-24)29-11-14-10-15(4-5-16(14)26(29)32)33-23-3-1-2-19(23)28-12-17-18(13-28)22-8-7-21(17)34-22/h4-5,10,17-23H,1-3,6-9,11-13H2,(H,27,30,31)/t17-,18+,19-,20?,21+,22-,23+/m0/s1. The van der Waals surface area contributed by atoms with E-state index in [1.165, 1.54) is 25.7 Å². The molecule has 34 heavy (non-hydrogen) atoms. The maximum absolute atomic E-state index is 13.0. The maximum atomic E-state index is 13.0. The van der Waals surface area contributed by atoms with Gasteiger partial charge in [-0.15, -0.1) is 0 Å².